The van der Waals surface area contributed by atoms with Crippen molar-refractivity contribution in [3.05, 3.63) is 29.3 Å². The quantitative estimate of drug-likeness (QED) is 0.666. The average Bonchev–Trinajstić information content (AvgIpc) is 2.26. The normalized spacial score (nSPS) is 10.4. The Morgan fingerprint density at radius 1 is 1.33 bits per heavy atom. The largest absolute Gasteiger partial charge is 0.573 e. The number of nitrogens with two attached hydrogens (primary N) is 1. The van der Waals surface area contributed by atoms with Crippen LogP contribution in [0, 0.1) is 11.8 Å². The highest BCUT2D eigenvalue weighted by Crippen LogP contribution is 2.24. The van der Waals surface area contributed by atoms with Crippen molar-refractivity contribution in [2.75, 3.05) is 6.54 Å². The van der Waals surface area contributed by atoms with Gasteiger partial charge in [0.2, 0.25) is 0 Å². The molecule has 0 aliphatic carbocycles. The van der Waals surface area contributed by atoms with Crippen molar-refractivity contribution in [3.8, 4) is 17.6 Å². The first kappa shape index (κ1) is 14.1. The van der Waals surface area contributed by atoms with Gasteiger partial charge in [0, 0.05) is 24.1 Å². The summed E-state index contributed by atoms with van der Waals surface area (Å²) in [5, 5.41) is 0. The number of carbonyl (C=O) groups is 1. The van der Waals surface area contributed by atoms with E-state index in [4.69, 9.17) is 5.73 Å². The molecule has 3 nitrogen and oxygen atoms in total. The van der Waals surface area contributed by atoms with Crippen molar-refractivity contribution in [1.29, 1.82) is 0 Å². The van der Waals surface area contributed by atoms with Gasteiger partial charge < -0.3 is 10.5 Å². The lowest BCUT2D eigenvalue weighted by molar-refractivity contribution is -0.274. The van der Waals surface area contributed by atoms with Crippen LogP contribution in [0.1, 0.15) is 22.3 Å². The van der Waals surface area contributed by atoms with Crippen LogP contribution in [-0.2, 0) is 0 Å². The van der Waals surface area contributed by atoms with Gasteiger partial charge in [-0.1, -0.05) is 11.8 Å². The van der Waals surface area contributed by atoms with Gasteiger partial charge in [-0.05, 0) is 18.2 Å². The number of hydrogen-bond donors (Lipinski definition) is 1. The van der Waals surface area contributed by atoms with E-state index in [-0.39, 0.29) is 11.1 Å². The van der Waals surface area contributed by atoms with E-state index in [0.717, 1.165) is 12.1 Å². The number of rotatable bonds is 3. The zero-order valence-electron chi connectivity index (χ0n) is 9.25. The monoisotopic (exact) mass is 257 g/mol. The standard InChI is InChI=1S/C12H10F3NO2/c13-12(14,15)18-11-6-9(3-1-2-4-16)5-10(7-11)8-17/h5-8H,2,4,16H2. The van der Waals surface area contributed by atoms with E-state index in [0.29, 0.717) is 19.3 Å². The van der Waals surface area contributed by atoms with Crippen LogP contribution < -0.4 is 10.5 Å². The molecule has 0 amide bonds. The maximum Gasteiger partial charge on any atom is 0.573 e. The maximum absolute atomic E-state index is 12.1. The second-order valence-electron chi connectivity index (χ2n) is 3.30. The summed E-state index contributed by atoms with van der Waals surface area (Å²) in [5.74, 6) is 4.81. The average molecular weight is 257 g/mol. The Kier molecular flexibility index (Phi) is 4.75. The Morgan fingerprint density at radius 3 is 2.61 bits per heavy atom. The molecule has 18 heavy (non-hydrogen) atoms. The number of ether oxygens (including phenoxy) is 1. The number of halogens is 3. The molecule has 0 unspecified atom stereocenters. The van der Waals surface area contributed by atoms with E-state index in [9.17, 15) is 18.0 Å². The number of aldehydes is 1. The molecular weight excluding hydrogens is 247 g/mol. The lowest BCUT2D eigenvalue weighted by Gasteiger charge is -2.09. The van der Waals surface area contributed by atoms with Crippen molar-refractivity contribution in [3.63, 3.8) is 0 Å². The van der Waals surface area contributed by atoms with Crippen LogP contribution in [0.3, 0.4) is 0 Å². The van der Waals surface area contributed by atoms with E-state index < -0.39 is 12.1 Å². The lowest BCUT2D eigenvalue weighted by Crippen LogP contribution is -2.17. The van der Waals surface area contributed by atoms with Gasteiger partial charge in [-0.25, -0.2) is 0 Å². The molecule has 1 aromatic rings. The Balaban J connectivity index is 3.03. The third-order valence-electron chi connectivity index (χ3n) is 1.80. The minimum absolute atomic E-state index is 0.0637. The SMILES string of the molecule is NCCC#Cc1cc(C=O)cc(OC(F)(F)F)c1. The Morgan fingerprint density at radius 2 is 2.06 bits per heavy atom. The van der Waals surface area contributed by atoms with Gasteiger partial charge in [-0.15, -0.1) is 13.2 Å². The molecule has 1 rings (SSSR count). The molecule has 0 saturated carbocycles. The number of benzene rings is 1. The van der Waals surface area contributed by atoms with Gasteiger partial charge in [0.15, 0.2) is 0 Å². The zero-order chi connectivity index (χ0) is 13.6. The van der Waals surface area contributed by atoms with Crippen molar-refractivity contribution < 1.29 is 22.7 Å². The zero-order valence-corrected chi connectivity index (χ0v) is 9.25. The summed E-state index contributed by atoms with van der Waals surface area (Å²) in [6, 6.07) is 3.48. The second-order valence-corrected chi connectivity index (χ2v) is 3.30. The Hall–Kier alpha value is -2.00. The summed E-state index contributed by atoms with van der Waals surface area (Å²) in [4.78, 5) is 10.6. The summed E-state index contributed by atoms with van der Waals surface area (Å²) in [5.41, 5.74) is 5.56. The molecule has 0 spiro atoms. The highest BCUT2D eigenvalue weighted by atomic mass is 19.4. The first-order valence-electron chi connectivity index (χ1n) is 4.99. The molecule has 0 saturated heterocycles. The third kappa shape index (κ3) is 4.89. The van der Waals surface area contributed by atoms with E-state index in [2.05, 4.69) is 16.6 Å². The molecular formula is C12H10F3NO2. The van der Waals surface area contributed by atoms with Gasteiger partial charge >= 0.3 is 6.36 Å². The molecule has 6 heteroatoms. The third-order valence-corrected chi connectivity index (χ3v) is 1.80. The van der Waals surface area contributed by atoms with Gasteiger partial charge in [0.05, 0.1) is 0 Å². The second kappa shape index (κ2) is 6.07. The van der Waals surface area contributed by atoms with Crippen LogP contribution in [-0.4, -0.2) is 19.2 Å². The van der Waals surface area contributed by atoms with E-state index in [1.807, 2.05) is 0 Å². The fourth-order valence-corrected chi connectivity index (χ4v) is 1.19. The topological polar surface area (TPSA) is 52.3 Å². The van der Waals surface area contributed by atoms with Gasteiger partial charge in [0.25, 0.3) is 0 Å². The van der Waals surface area contributed by atoms with Crippen LogP contribution in [0.25, 0.3) is 0 Å². The van der Waals surface area contributed by atoms with Crippen LogP contribution in [0.4, 0.5) is 13.2 Å². The van der Waals surface area contributed by atoms with Crippen molar-refractivity contribution in [2.45, 2.75) is 12.8 Å². The van der Waals surface area contributed by atoms with Gasteiger partial charge in [0.1, 0.15) is 12.0 Å². The predicted octanol–water partition coefficient (Wildman–Crippen LogP) is 2.10. The first-order valence-corrected chi connectivity index (χ1v) is 4.99. The highest BCUT2D eigenvalue weighted by Gasteiger charge is 2.31. The highest BCUT2D eigenvalue weighted by molar-refractivity contribution is 5.76. The van der Waals surface area contributed by atoms with Crippen LogP contribution >= 0.6 is 0 Å². The van der Waals surface area contributed by atoms with E-state index >= 15 is 0 Å². The smallest absolute Gasteiger partial charge is 0.406 e. The van der Waals surface area contributed by atoms with E-state index in [1.54, 1.807) is 0 Å². The number of hydrogen-bond acceptors (Lipinski definition) is 3. The van der Waals surface area contributed by atoms with Gasteiger partial charge in [-0.2, -0.15) is 0 Å². The molecule has 0 aliphatic heterocycles. The summed E-state index contributed by atoms with van der Waals surface area (Å²) >= 11 is 0. The summed E-state index contributed by atoms with van der Waals surface area (Å²) < 4.78 is 39.9. The fraction of sp³-hybridized carbons (Fsp3) is 0.250. The van der Waals surface area contributed by atoms with Crippen LogP contribution in [0.15, 0.2) is 18.2 Å². The minimum Gasteiger partial charge on any atom is -0.406 e. The molecule has 0 aromatic heterocycles. The molecule has 96 valence electrons. The maximum atomic E-state index is 12.1. The minimum atomic E-state index is -4.80. The van der Waals surface area contributed by atoms with E-state index in [1.165, 1.54) is 6.07 Å². The molecule has 0 atom stereocenters. The summed E-state index contributed by atoms with van der Waals surface area (Å²) in [6.07, 6.45) is -3.96. The summed E-state index contributed by atoms with van der Waals surface area (Å²) in [6.45, 7) is 0.353. The first-order chi connectivity index (χ1) is 8.44. The van der Waals surface area contributed by atoms with Crippen LogP contribution in [0.5, 0.6) is 5.75 Å². The molecule has 0 fully saturated rings. The molecule has 0 aliphatic rings. The predicted molar refractivity (Wildman–Crippen MR) is 59.1 cm³/mol. The Labute approximate surface area is 102 Å². The number of carbonyl (C=O) groups excluding carboxylic acids is 1. The van der Waals surface area contributed by atoms with Gasteiger partial charge in [-0.3, -0.25) is 4.79 Å². The lowest BCUT2D eigenvalue weighted by atomic mass is 10.1. The van der Waals surface area contributed by atoms with Crippen molar-refractivity contribution in [2.24, 2.45) is 5.73 Å². The molecule has 2 N–H and O–H groups in total. The van der Waals surface area contributed by atoms with Crippen molar-refractivity contribution in [1.82, 2.24) is 0 Å². The van der Waals surface area contributed by atoms with Crippen LogP contribution in [0.2, 0.25) is 0 Å². The van der Waals surface area contributed by atoms with Crippen molar-refractivity contribution >= 4 is 6.29 Å². The molecule has 0 bridgehead atoms. The summed E-state index contributed by atoms with van der Waals surface area (Å²) in [7, 11) is 0. The molecule has 0 heterocycles. The molecule has 0 radical (unpaired) electrons. The number of alkyl halides is 3. The fourth-order valence-electron chi connectivity index (χ4n) is 1.19. The molecule has 1 aromatic carbocycles. The Bertz CT molecular complexity index is 486.